The fourth-order valence-electron chi connectivity index (χ4n) is 1.30. The summed E-state index contributed by atoms with van der Waals surface area (Å²) >= 11 is 5.86. The minimum absolute atomic E-state index is 0.351. The molecule has 2 heteroatoms. The zero-order valence-corrected chi connectivity index (χ0v) is 6.27. The number of aliphatic hydroxyl groups is 1. The highest BCUT2D eigenvalue weighted by molar-refractivity contribution is 6.20. The first kappa shape index (κ1) is 7.36. The van der Waals surface area contributed by atoms with Crippen LogP contribution in [0.5, 0.6) is 0 Å². The van der Waals surface area contributed by atoms with Crippen LogP contribution in [0.15, 0.2) is 0 Å². The summed E-state index contributed by atoms with van der Waals surface area (Å²) in [6.07, 6.45) is 4.41. The number of hydrogen-bond donors (Lipinski definition) is 1. The van der Waals surface area contributed by atoms with E-state index in [1.165, 1.54) is 0 Å². The lowest BCUT2D eigenvalue weighted by Crippen LogP contribution is -2.16. The summed E-state index contributed by atoms with van der Waals surface area (Å²) in [5.41, 5.74) is 0. The van der Waals surface area contributed by atoms with Gasteiger partial charge >= 0.3 is 0 Å². The maximum Gasteiger partial charge on any atom is 0.0459 e. The minimum Gasteiger partial charge on any atom is -0.396 e. The lowest BCUT2D eigenvalue weighted by molar-refractivity contribution is 0.191. The van der Waals surface area contributed by atoms with Crippen LogP contribution in [0.1, 0.15) is 25.7 Å². The standard InChI is InChI=1S/C7H13ClO/c8-7-3-1-6(5-9)2-4-7/h6-7,9H,1-5H2. The van der Waals surface area contributed by atoms with Crippen LogP contribution in [0.4, 0.5) is 0 Å². The summed E-state index contributed by atoms with van der Waals surface area (Å²) in [6, 6.07) is 0. The third kappa shape index (κ3) is 2.15. The maximum atomic E-state index is 8.73. The Morgan fingerprint density at radius 2 is 1.78 bits per heavy atom. The summed E-state index contributed by atoms with van der Waals surface area (Å²) in [4.78, 5) is 0. The van der Waals surface area contributed by atoms with Crippen molar-refractivity contribution < 1.29 is 5.11 Å². The Balaban J connectivity index is 2.18. The van der Waals surface area contributed by atoms with Gasteiger partial charge in [-0.25, -0.2) is 0 Å². The van der Waals surface area contributed by atoms with E-state index in [4.69, 9.17) is 16.7 Å². The van der Waals surface area contributed by atoms with Gasteiger partial charge in [0.25, 0.3) is 0 Å². The van der Waals surface area contributed by atoms with Gasteiger partial charge in [-0.1, -0.05) is 0 Å². The van der Waals surface area contributed by atoms with Crippen molar-refractivity contribution in [2.75, 3.05) is 6.61 Å². The Morgan fingerprint density at radius 1 is 1.22 bits per heavy atom. The van der Waals surface area contributed by atoms with Crippen molar-refractivity contribution in [1.82, 2.24) is 0 Å². The highest BCUT2D eigenvalue weighted by Crippen LogP contribution is 2.26. The van der Waals surface area contributed by atoms with Crippen molar-refractivity contribution in [2.24, 2.45) is 5.92 Å². The smallest absolute Gasteiger partial charge is 0.0459 e. The number of rotatable bonds is 1. The molecule has 0 aromatic heterocycles. The van der Waals surface area contributed by atoms with Gasteiger partial charge < -0.3 is 5.11 Å². The molecule has 0 aromatic carbocycles. The minimum atomic E-state index is 0.351. The average Bonchev–Trinajstić information content (AvgIpc) is 1.90. The Kier molecular flexibility index (Phi) is 2.80. The fraction of sp³-hybridized carbons (Fsp3) is 1.00. The van der Waals surface area contributed by atoms with Crippen LogP contribution in [-0.2, 0) is 0 Å². The number of hydrogen-bond acceptors (Lipinski definition) is 1. The molecule has 0 amide bonds. The van der Waals surface area contributed by atoms with Gasteiger partial charge in [0.1, 0.15) is 0 Å². The van der Waals surface area contributed by atoms with Crippen LogP contribution in [-0.4, -0.2) is 17.1 Å². The molecule has 1 N–H and O–H groups in total. The molecule has 0 unspecified atom stereocenters. The first-order valence-electron chi connectivity index (χ1n) is 3.58. The largest absolute Gasteiger partial charge is 0.396 e. The third-order valence-electron chi connectivity index (χ3n) is 2.03. The molecule has 1 fully saturated rings. The number of halogens is 1. The molecule has 54 valence electrons. The zero-order valence-electron chi connectivity index (χ0n) is 5.52. The Labute approximate surface area is 61.0 Å². The van der Waals surface area contributed by atoms with E-state index >= 15 is 0 Å². The summed E-state index contributed by atoms with van der Waals surface area (Å²) in [7, 11) is 0. The second-order valence-electron chi connectivity index (χ2n) is 2.80. The molecule has 0 aromatic rings. The molecule has 1 aliphatic rings. The molecule has 1 nitrogen and oxygen atoms in total. The Hall–Kier alpha value is 0.250. The van der Waals surface area contributed by atoms with Crippen LogP contribution in [0, 0.1) is 5.92 Å². The zero-order chi connectivity index (χ0) is 6.69. The monoisotopic (exact) mass is 148 g/mol. The second kappa shape index (κ2) is 3.43. The second-order valence-corrected chi connectivity index (χ2v) is 3.42. The van der Waals surface area contributed by atoms with Crippen LogP contribution in [0.2, 0.25) is 0 Å². The quantitative estimate of drug-likeness (QED) is 0.562. The van der Waals surface area contributed by atoms with E-state index in [0.717, 1.165) is 25.7 Å². The molecule has 0 heterocycles. The third-order valence-corrected chi connectivity index (χ3v) is 2.47. The normalized spacial score (nSPS) is 36.7. The van der Waals surface area contributed by atoms with Crippen LogP contribution < -0.4 is 0 Å². The van der Waals surface area contributed by atoms with Crippen molar-refractivity contribution in [2.45, 2.75) is 31.1 Å². The Morgan fingerprint density at radius 3 is 2.22 bits per heavy atom. The fourth-order valence-corrected chi connectivity index (χ4v) is 1.56. The van der Waals surface area contributed by atoms with Gasteiger partial charge in [-0.05, 0) is 31.6 Å². The average molecular weight is 149 g/mol. The van der Waals surface area contributed by atoms with Gasteiger partial charge in [0.05, 0.1) is 0 Å². The summed E-state index contributed by atoms with van der Waals surface area (Å²) in [6.45, 7) is 0.351. The summed E-state index contributed by atoms with van der Waals surface area (Å²) in [5, 5.41) is 9.12. The predicted molar refractivity (Wildman–Crippen MR) is 38.7 cm³/mol. The van der Waals surface area contributed by atoms with Crippen molar-refractivity contribution >= 4 is 11.6 Å². The van der Waals surface area contributed by atoms with E-state index in [0.29, 0.717) is 17.9 Å². The van der Waals surface area contributed by atoms with E-state index in [9.17, 15) is 0 Å². The SMILES string of the molecule is OCC1CCC(Cl)CC1. The van der Waals surface area contributed by atoms with Crippen LogP contribution in [0.3, 0.4) is 0 Å². The molecule has 9 heavy (non-hydrogen) atoms. The lowest BCUT2D eigenvalue weighted by Gasteiger charge is -2.22. The topological polar surface area (TPSA) is 20.2 Å². The van der Waals surface area contributed by atoms with E-state index in [1.807, 2.05) is 0 Å². The highest BCUT2D eigenvalue weighted by Gasteiger charge is 2.17. The molecule has 0 spiro atoms. The lowest BCUT2D eigenvalue weighted by atomic mass is 9.90. The molecule has 0 radical (unpaired) electrons. The van der Waals surface area contributed by atoms with Gasteiger partial charge in [0.2, 0.25) is 0 Å². The molecule has 1 rings (SSSR count). The van der Waals surface area contributed by atoms with Gasteiger partial charge in [-0.2, -0.15) is 0 Å². The number of alkyl halides is 1. The number of aliphatic hydroxyl groups excluding tert-OH is 1. The molecule has 0 aliphatic heterocycles. The van der Waals surface area contributed by atoms with Gasteiger partial charge in [-0.3, -0.25) is 0 Å². The summed E-state index contributed by atoms with van der Waals surface area (Å²) < 4.78 is 0. The van der Waals surface area contributed by atoms with Crippen molar-refractivity contribution in [1.29, 1.82) is 0 Å². The molecule has 0 bridgehead atoms. The molecule has 0 saturated heterocycles. The van der Waals surface area contributed by atoms with E-state index in [1.54, 1.807) is 0 Å². The van der Waals surface area contributed by atoms with Gasteiger partial charge in [-0.15, -0.1) is 11.6 Å². The molecular formula is C7H13ClO. The van der Waals surface area contributed by atoms with Crippen molar-refractivity contribution in [3.05, 3.63) is 0 Å². The van der Waals surface area contributed by atoms with Crippen LogP contribution in [0.25, 0.3) is 0 Å². The van der Waals surface area contributed by atoms with E-state index in [2.05, 4.69) is 0 Å². The first-order valence-corrected chi connectivity index (χ1v) is 4.01. The van der Waals surface area contributed by atoms with Crippen molar-refractivity contribution in [3.63, 3.8) is 0 Å². The van der Waals surface area contributed by atoms with Gasteiger partial charge in [0.15, 0.2) is 0 Å². The molecule has 0 atom stereocenters. The molecular weight excluding hydrogens is 136 g/mol. The van der Waals surface area contributed by atoms with Gasteiger partial charge in [0, 0.05) is 12.0 Å². The van der Waals surface area contributed by atoms with E-state index < -0.39 is 0 Å². The predicted octanol–water partition coefficient (Wildman–Crippen LogP) is 1.78. The Bertz CT molecular complexity index is 77.0. The first-order chi connectivity index (χ1) is 4.33. The van der Waals surface area contributed by atoms with Crippen LogP contribution >= 0.6 is 11.6 Å². The van der Waals surface area contributed by atoms with Crippen molar-refractivity contribution in [3.8, 4) is 0 Å². The summed E-state index contributed by atoms with van der Waals surface area (Å²) in [5.74, 6) is 0.542. The maximum absolute atomic E-state index is 8.73. The molecule has 1 aliphatic carbocycles. The van der Waals surface area contributed by atoms with E-state index in [-0.39, 0.29) is 0 Å². The molecule has 1 saturated carbocycles. The highest BCUT2D eigenvalue weighted by atomic mass is 35.5.